The van der Waals surface area contributed by atoms with E-state index in [0.29, 0.717) is 11.1 Å². The number of hydrogen-bond donors (Lipinski definition) is 2. The Bertz CT molecular complexity index is 1170. The van der Waals surface area contributed by atoms with Gasteiger partial charge in [0.05, 0.1) is 6.10 Å². The Balaban J connectivity index is 1.83. The molecule has 0 aliphatic heterocycles. The highest BCUT2D eigenvalue weighted by molar-refractivity contribution is 7.22. The SMILES string of the molecule is CC(C)Oc1ccc(C(=O)c2c(-c3ccc(O)cc3)sc3cc(O)ccc23)cc1. The van der Waals surface area contributed by atoms with E-state index >= 15 is 0 Å². The Hall–Kier alpha value is -3.31. The number of rotatable bonds is 5. The van der Waals surface area contributed by atoms with Gasteiger partial charge in [-0.25, -0.2) is 0 Å². The van der Waals surface area contributed by atoms with E-state index in [1.165, 1.54) is 11.3 Å². The number of phenolic OH excluding ortho intramolecular Hbond substituents is 2. The van der Waals surface area contributed by atoms with Crippen molar-refractivity contribution in [3.63, 3.8) is 0 Å². The average Bonchev–Trinajstić information content (AvgIpc) is 3.06. The van der Waals surface area contributed by atoms with Gasteiger partial charge in [0, 0.05) is 26.1 Å². The summed E-state index contributed by atoms with van der Waals surface area (Å²) in [4.78, 5) is 14.3. The van der Waals surface area contributed by atoms with Crippen LogP contribution in [0.3, 0.4) is 0 Å². The lowest BCUT2D eigenvalue weighted by Gasteiger charge is -2.10. The molecule has 0 bridgehead atoms. The fraction of sp³-hybridized carbons (Fsp3) is 0.125. The van der Waals surface area contributed by atoms with E-state index < -0.39 is 0 Å². The van der Waals surface area contributed by atoms with E-state index in [2.05, 4.69) is 0 Å². The molecule has 0 saturated heterocycles. The highest BCUT2D eigenvalue weighted by Crippen LogP contribution is 2.41. The maximum absolute atomic E-state index is 13.5. The third-order valence-corrected chi connectivity index (χ3v) is 5.72. The van der Waals surface area contributed by atoms with Crippen molar-refractivity contribution in [3.05, 3.63) is 77.9 Å². The van der Waals surface area contributed by atoms with Crippen LogP contribution >= 0.6 is 11.3 Å². The molecular weight excluding hydrogens is 384 g/mol. The predicted molar refractivity (Wildman–Crippen MR) is 116 cm³/mol. The van der Waals surface area contributed by atoms with Gasteiger partial charge in [0.15, 0.2) is 5.78 Å². The van der Waals surface area contributed by atoms with Gasteiger partial charge in [-0.3, -0.25) is 4.79 Å². The van der Waals surface area contributed by atoms with E-state index in [1.54, 1.807) is 66.7 Å². The van der Waals surface area contributed by atoms with Crippen LogP contribution in [0.4, 0.5) is 0 Å². The molecule has 0 spiro atoms. The molecule has 5 heteroatoms. The van der Waals surface area contributed by atoms with E-state index in [4.69, 9.17) is 4.74 Å². The van der Waals surface area contributed by atoms with E-state index in [9.17, 15) is 15.0 Å². The molecule has 3 aromatic carbocycles. The van der Waals surface area contributed by atoms with Crippen molar-refractivity contribution in [1.82, 2.24) is 0 Å². The van der Waals surface area contributed by atoms with Crippen LogP contribution in [0.5, 0.6) is 17.2 Å². The molecule has 0 fully saturated rings. The van der Waals surface area contributed by atoms with Crippen LogP contribution in [-0.2, 0) is 0 Å². The zero-order chi connectivity index (χ0) is 20.5. The van der Waals surface area contributed by atoms with Crippen LogP contribution in [0.25, 0.3) is 20.5 Å². The summed E-state index contributed by atoms with van der Waals surface area (Å²) < 4.78 is 6.50. The van der Waals surface area contributed by atoms with Crippen LogP contribution < -0.4 is 4.74 Å². The molecule has 0 atom stereocenters. The quantitative estimate of drug-likeness (QED) is 0.401. The molecule has 4 nitrogen and oxygen atoms in total. The van der Waals surface area contributed by atoms with Crippen LogP contribution in [0.1, 0.15) is 29.8 Å². The van der Waals surface area contributed by atoms with Gasteiger partial charge in [-0.05, 0) is 86.1 Å². The molecule has 2 N–H and O–H groups in total. The maximum atomic E-state index is 13.5. The lowest BCUT2D eigenvalue weighted by Crippen LogP contribution is -2.06. The molecule has 0 aliphatic rings. The number of carbonyl (C=O) groups excluding carboxylic acids is 1. The summed E-state index contributed by atoms with van der Waals surface area (Å²) in [5, 5.41) is 20.3. The van der Waals surface area contributed by atoms with E-state index in [-0.39, 0.29) is 23.4 Å². The predicted octanol–water partition coefficient (Wildman–Crippen LogP) is 6.00. The Kier molecular flexibility index (Phi) is 4.99. The summed E-state index contributed by atoms with van der Waals surface area (Å²) in [5.41, 5.74) is 1.99. The van der Waals surface area contributed by atoms with Crippen LogP contribution in [0.15, 0.2) is 66.7 Å². The molecule has 4 rings (SSSR count). The number of phenols is 2. The first-order valence-corrected chi connectivity index (χ1v) is 10.1. The zero-order valence-electron chi connectivity index (χ0n) is 16.0. The topological polar surface area (TPSA) is 66.8 Å². The van der Waals surface area contributed by atoms with Crippen LogP contribution in [0.2, 0.25) is 0 Å². The first-order chi connectivity index (χ1) is 13.9. The third kappa shape index (κ3) is 3.82. The Morgan fingerprint density at radius 1 is 0.897 bits per heavy atom. The molecule has 146 valence electrons. The standard InChI is InChI=1S/C24H20O4S/c1-14(2)28-19-10-5-15(6-11-19)23(27)22-20-12-9-18(26)13-21(20)29-24(22)16-3-7-17(25)8-4-16/h3-14,25-26H,1-2H3. The fourth-order valence-corrected chi connectivity index (χ4v) is 4.47. The van der Waals surface area contributed by atoms with Crippen LogP contribution in [0, 0.1) is 0 Å². The van der Waals surface area contributed by atoms with Crippen molar-refractivity contribution in [1.29, 1.82) is 0 Å². The number of ether oxygens (including phenoxy) is 1. The van der Waals surface area contributed by atoms with Gasteiger partial charge in [0.25, 0.3) is 0 Å². The Morgan fingerprint density at radius 3 is 2.21 bits per heavy atom. The maximum Gasteiger partial charge on any atom is 0.195 e. The fourth-order valence-electron chi connectivity index (χ4n) is 3.23. The summed E-state index contributed by atoms with van der Waals surface area (Å²) >= 11 is 1.44. The molecule has 29 heavy (non-hydrogen) atoms. The monoisotopic (exact) mass is 404 g/mol. The second kappa shape index (κ2) is 7.60. The van der Waals surface area contributed by atoms with E-state index in [0.717, 1.165) is 26.3 Å². The van der Waals surface area contributed by atoms with Crippen molar-refractivity contribution in [2.45, 2.75) is 20.0 Å². The zero-order valence-corrected chi connectivity index (χ0v) is 16.9. The highest BCUT2D eigenvalue weighted by Gasteiger charge is 2.22. The van der Waals surface area contributed by atoms with Crippen molar-refractivity contribution in [2.75, 3.05) is 0 Å². The van der Waals surface area contributed by atoms with Crippen molar-refractivity contribution < 1.29 is 19.7 Å². The van der Waals surface area contributed by atoms with Crippen LogP contribution in [-0.4, -0.2) is 22.1 Å². The lowest BCUT2D eigenvalue weighted by molar-refractivity contribution is 0.104. The molecule has 1 heterocycles. The third-order valence-electron chi connectivity index (χ3n) is 4.52. The molecule has 0 saturated carbocycles. The number of aromatic hydroxyl groups is 2. The van der Waals surface area contributed by atoms with Gasteiger partial charge >= 0.3 is 0 Å². The number of hydrogen-bond acceptors (Lipinski definition) is 5. The second-order valence-electron chi connectivity index (χ2n) is 7.05. The average molecular weight is 404 g/mol. The minimum Gasteiger partial charge on any atom is -0.508 e. The highest BCUT2D eigenvalue weighted by atomic mass is 32.1. The molecule has 0 unspecified atom stereocenters. The molecule has 0 amide bonds. The first-order valence-electron chi connectivity index (χ1n) is 9.28. The summed E-state index contributed by atoms with van der Waals surface area (Å²) in [5.74, 6) is 0.947. The number of fused-ring (bicyclic) bond motifs is 1. The molecule has 0 aliphatic carbocycles. The normalized spacial score (nSPS) is 11.1. The van der Waals surface area contributed by atoms with Gasteiger partial charge in [0.2, 0.25) is 0 Å². The van der Waals surface area contributed by atoms with Gasteiger partial charge < -0.3 is 14.9 Å². The molecular formula is C24H20O4S. The summed E-state index contributed by atoms with van der Waals surface area (Å²) in [6, 6.07) is 18.9. The minimum absolute atomic E-state index is 0.0612. The summed E-state index contributed by atoms with van der Waals surface area (Å²) in [7, 11) is 0. The second-order valence-corrected chi connectivity index (χ2v) is 8.11. The summed E-state index contributed by atoms with van der Waals surface area (Å²) in [6.45, 7) is 3.91. The smallest absolute Gasteiger partial charge is 0.195 e. The number of thiophene rings is 1. The lowest BCUT2D eigenvalue weighted by atomic mass is 9.97. The number of ketones is 1. The minimum atomic E-state index is -0.0962. The number of benzene rings is 3. The van der Waals surface area contributed by atoms with Crippen molar-refractivity contribution in [3.8, 4) is 27.7 Å². The van der Waals surface area contributed by atoms with Gasteiger partial charge in [0.1, 0.15) is 17.2 Å². The van der Waals surface area contributed by atoms with Gasteiger partial charge in [-0.15, -0.1) is 11.3 Å². The van der Waals surface area contributed by atoms with Crippen molar-refractivity contribution in [2.24, 2.45) is 0 Å². The number of carbonyl (C=O) groups is 1. The summed E-state index contributed by atoms with van der Waals surface area (Å²) in [6.07, 6.45) is 0.0612. The Labute approximate surface area is 172 Å². The first kappa shape index (κ1) is 19.0. The molecule has 1 aromatic heterocycles. The molecule has 4 aromatic rings. The molecule has 0 radical (unpaired) electrons. The van der Waals surface area contributed by atoms with Crippen molar-refractivity contribution >= 4 is 27.2 Å². The largest absolute Gasteiger partial charge is 0.508 e. The van der Waals surface area contributed by atoms with Gasteiger partial charge in [-0.1, -0.05) is 0 Å². The Morgan fingerprint density at radius 2 is 1.55 bits per heavy atom. The van der Waals surface area contributed by atoms with E-state index in [1.807, 2.05) is 13.8 Å². The van der Waals surface area contributed by atoms with Gasteiger partial charge in [-0.2, -0.15) is 0 Å².